The number of nitrogens with one attached hydrogen (secondary N) is 2. The van der Waals surface area contributed by atoms with E-state index in [2.05, 4.69) is 23.0 Å². The van der Waals surface area contributed by atoms with Crippen LogP contribution in [0.5, 0.6) is 0 Å². The Kier molecular flexibility index (Phi) is 4.47. The first-order valence-corrected chi connectivity index (χ1v) is 9.96. The van der Waals surface area contributed by atoms with Crippen molar-refractivity contribution in [1.29, 1.82) is 0 Å². The van der Waals surface area contributed by atoms with E-state index in [1.54, 1.807) is 13.2 Å². The third-order valence-corrected chi connectivity index (χ3v) is 5.46. The molecule has 0 aliphatic carbocycles. The van der Waals surface area contributed by atoms with Crippen molar-refractivity contribution in [3.8, 4) is 11.3 Å². The number of para-hydroxylation sites is 1. The van der Waals surface area contributed by atoms with Gasteiger partial charge in [-0.15, -0.1) is 0 Å². The Morgan fingerprint density at radius 2 is 1.97 bits per heavy atom. The fraction of sp³-hybridized carbons (Fsp3) is 0.120. The molecule has 0 radical (unpaired) electrons. The number of aromatic amines is 2. The Bertz CT molecular complexity index is 1410. The minimum absolute atomic E-state index is 0.494. The van der Waals surface area contributed by atoms with Gasteiger partial charge in [0.15, 0.2) is 6.29 Å². The molecule has 0 unspecified atom stereocenters. The van der Waals surface area contributed by atoms with Gasteiger partial charge < -0.3 is 19.1 Å². The van der Waals surface area contributed by atoms with E-state index in [1.165, 1.54) is 6.26 Å². The number of ether oxygens (including phenoxy) is 1. The monoisotopic (exact) mass is 411 g/mol. The molecule has 6 heteroatoms. The van der Waals surface area contributed by atoms with Gasteiger partial charge in [-0.05, 0) is 43.7 Å². The molecule has 0 spiro atoms. The van der Waals surface area contributed by atoms with Crippen LogP contribution in [0.2, 0.25) is 0 Å². The zero-order valence-corrected chi connectivity index (χ0v) is 17.4. The van der Waals surface area contributed by atoms with Crippen molar-refractivity contribution in [1.82, 2.24) is 9.97 Å². The number of benzene rings is 1. The van der Waals surface area contributed by atoms with Crippen molar-refractivity contribution in [3.05, 3.63) is 88.4 Å². The van der Waals surface area contributed by atoms with Crippen molar-refractivity contribution in [2.24, 2.45) is 4.99 Å². The van der Waals surface area contributed by atoms with Gasteiger partial charge in [-0.25, -0.2) is 4.99 Å². The van der Waals surface area contributed by atoms with Gasteiger partial charge in [-0.2, -0.15) is 0 Å². The molecule has 31 heavy (non-hydrogen) atoms. The highest BCUT2D eigenvalue weighted by Gasteiger charge is 2.25. The summed E-state index contributed by atoms with van der Waals surface area (Å²) in [6.45, 7) is 4.08. The lowest BCUT2D eigenvalue weighted by atomic mass is 10.0. The number of hydrogen-bond acceptors (Lipinski definition) is 4. The number of H-pyrrole nitrogens is 2. The molecule has 0 fully saturated rings. The highest BCUT2D eigenvalue weighted by atomic mass is 16.5. The highest BCUT2D eigenvalue weighted by Crippen LogP contribution is 2.37. The van der Waals surface area contributed by atoms with Crippen LogP contribution in [-0.4, -0.2) is 29.1 Å². The van der Waals surface area contributed by atoms with Gasteiger partial charge in [0.1, 0.15) is 17.2 Å². The number of aryl methyl sites for hydroxylation is 2. The van der Waals surface area contributed by atoms with Crippen molar-refractivity contribution in [2.45, 2.75) is 13.8 Å². The Balaban J connectivity index is 1.71. The van der Waals surface area contributed by atoms with Crippen molar-refractivity contribution < 1.29 is 13.9 Å². The number of hydrogen-bond donors (Lipinski definition) is 2. The lowest BCUT2D eigenvalue weighted by Crippen LogP contribution is -1.98. The second-order valence-corrected chi connectivity index (χ2v) is 7.53. The Hall–Kier alpha value is -4.06. The molecule has 154 valence electrons. The number of fused-ring (bicyclic) bond motifs is 1. The van der Waals surface area contributed by atoms with Crippen LogP contribution in [0.3, 0.4) is 0 Å². The predicted octanol–water partition coefficient (Wildman–Crippen LogP) is 5.56. The summed E-state index contributed by atoms with van der Waals surface area (Å²) in [4.78, 5) is 23.3. The van der Waals surface area contributed by atoms with Crippen molar-refractivity contribution in [3.63, 3.8) is 0 Å². The maximum Gasteiger partial charge on any atom is 0.153 e. The van der Waals surface area contributed by atoms with E-state index in [1.807, 2.05) is 43.3 Å². The summed E-state index contributed by atoms with van der Waals surface area (Å²) in [6, 6.07) is 11.7. The number of aliphatic imine (C=N–C) groups is 1. The van der Waals surface area contributed by atoms with Crippen LogP contribution >= 0.6 is 0 Å². The molecule has 1 aromatic carbocycles. The van der Waals surface area contributed by atoms with Gasteiger partial charge in [0.05, 0.1) is 35.9 Å². The number of nitrogens with zero attached hydrogens (tertiary/aromatic N) is 1. The molecule has 0 saturated heterocycles. The average Bonchev–Trinajstić information content (AvgIpc) is 3.52. The maximum atomic E-state index is 11.6. The van der Waals surface area contributed by atoms with E-state index in [0.717, 1.165) is 51.1 Å². The van der Waals surface area contributed by atoms with Gasteiger partial charge >= 0.3 is 0 Å². The molecule has 5 rings (SSSR count). The Labute approximate surface area is 179 Å². The van der Waals surface area contributed by atoms with E-state index in [0.29, 0.717) is 22.8 Å². The minimum Gasteiger partial charge on any atom is -0.494 e. The van der Waals surface area contributed by atoms with Crippen LogP contribution in [0.4, 0.5) is 0 Å². The summed E-state index contributed by atoms with van der Waals surface area (Å²) >= 11 is 0. The number of aromatic nitrogens is 2. The largest absolute Gasteiger partial charge is 0.494 e. The zero-order valence-electron chi connectivity index (χ0n) is 17.4. The molecule has 0 saturated carbocycles. The summed E-state index contributed by atoms with van der Waals surface area (Å²) in [5, 5.41) is 0.957. The van der Waals surface area contributed by atoms with E-state index in [4.69, 9.17) is 14.1 Å². The van der Waals surface area contributed by atoms with Crippen molar-refractivity contribution >= 4 is 29.0 Å². The molecule has 0 amide bonds. The topological polar surface area (TPSA) is 83.4 Å². The quantitative estimate of drug-likeness (QED) is 0.422. The number of allylic oxidation sites excluding steroid dienone is 1. The second-order valence-electron chi connectivity index (χ2n) is 7.53. The molecule has 3 aromatic heterocycles. The molecule has 0 atom stereocenters. The summed E-state index contributed by atoms with van der Waals surface area (Å²) < 4.78 is 11.3. The van der Waals surface area contributed by atoms with Gasteiger partial charge in [0.2, 0.25) is 0 Å². The smallest absolute Gasteiger partial charge is 0.153 e. The fourth-order valence-corrected chi connectivity index (χ4v) is 4.03. The van der Waals surface area contributed by atoms with Crippen LogP contribution in [-0.2, 0) is 4.74 Å². The average molecular weight is 411 g/mol. The standard InChI is InChI=1S/C25H21N3O3/c1-14-10-15(2)26-19(14)11-20-22(30-3)12-21(27-20)24-23(25-16(13-29)8-9-31-25)17-6-4-5-7-18(17)28-24/h4-13,26,28H,1-3H3. The highest BCUT2D eigenvalue weighted by molar-refractivity contribution is 6.19. The van der Waals surface area contributed by atoms with Gasteiger partial charge in [-0.1, -0.05) is 18.2 Å². The number of methoxy groups -OCH3 is 1. The predicted molar refractivity (Wildman–Crippen MR) is 121 cm³/mol. The fourth-order valence-electron chi connectivity index (χ4n) is 4.03. The van der Waals surface area contributed by atoms with Crippen molar-refractivity contribution in [2.75, 3.05) is 7.11 Å². The van der Waals surface area contributed by atoms with E-state index in [-0.39, 0.29) is 0 Å². The van der Waals surface area contributed by atoms with Crippen LogP contribution in [0, 0.1) is 13.8 Å². The Morgan fingerprint density at radius 1 is 1.13 bits per heavy atom. The number of carbonyl (C=O) groups excluding carboxylic acids is 1. The summed E-state index contributed by atoms with van der Waals surface area (Å²) in [5.74, 6) is 1.19. The van der Waals surface area contributed by atoms with Crippen LogP contribution in [0.1, 0.15) is 33.0 Å². The van der Waals surface area contributed by atoms with E-state index < -0.39 is 0 Å². The molecule has 4 heterocycles. The third kappa shape index (κ3) is 3.13. The zero-order chi connectivity index (χ0) is 21.5. The molecular weight excluding hydrogens is 390 g/mol. The molecule has 1 aliphatic heterocycles. The number of furan rings is 1. The number of carbonyl (C=O) groups is 1. The molecule has 0 bridgehead atoms. The summed E-state index contributed by atoms with van der Waals surface area (Å²) in [5.41, 5.74) is 7.67. The van der Waals surface area contributed by atoms with E-state index in [9.17, 15) is 4.79 Å². The number of rotatable bonds is 5. The third-order valence-electron chi connectivity index (χ3n) is 5.46. The molecule has 4 aromatic rings. The number of aldehydes is 1. The van der Waals surface area contributed by atoms with Gasteiger partial charge in [0.25, 0.3) is 0 Å². The lowest BCUT2D eigenvalue weighted by Gasteiger charge is -2.02. The first-order valence-electron chi connectivity index (χ1n) is 9.96. The SMILES string of the molecule is COC1=CC(c2[nH]c3ccccc3c2-c2occc2C=O)=NC1=Cc1[nH]c(C)cc1C. The van der Waals surface area contributed by atoms with Crippen LogP contribution < -0.4 is 0 Å². The second kappa shape index (κ2) is 7.32. The first-order chi connectivity index (χ1) is 15.1. The van der Waals surface area contributed by atoms with E-state index >= 15 is 0 Å². The van der Waals surface area contributed by atoms with Crippen LogP contribution in [0.15, 0.2) is 69.6 Å². The first kappa shape index (κ1) is 18.9. The summed E-state index contributed by atoms with van der Waals surface area (Å²) in [7, 11) is 1.63. The minimum atomic E-state index is 0.494. The molecule has 1 aliphatic rings. The summed E-state index contributed by atoms with van der Waals surface area (Å²) in [6.07, 6.45) is 6.21. The normalized spacial score (nSPS) is 14.9. The molecule has 2 N–H and O–H groups in total. The molecular formula is C25H21N3O3. The van der Waals surface area contributed by atoms with Gasteiger partial charge in [-0.3, -0.25) is 4.79 Å². The Morgan fingerprint density at radius 3 is 2.71 bits per heavy atom. The van der Waals surface area contributed by atoms with Gasteiger partial charge in [0, 0.05) is 28.4 Å². The molecule has 6 nitrogen and oxygen atoms in total. The lowest BCUT2D eigenvalue weighted by molar-refractivity contribution is 0.112. The van der Waals surface area contributed by atoms with Crippen LogP contribution in [0.25, 0.3) is 28.3 Å². The maximum absolute atomic E-state index is 11.6.